The first-order valence-electron chi connectivity index (χ1n) is 5.86. The first-order valence-corrected chi connectivity index (χ1v) is 5.86. The summed E-state index contributed by atoms with van der Waals surface area (Å²) in [5, 5.41) is 15.8. The fourth-order valence-electron chi connectivity index (χ4n) is 1.69. The van der Waals surface area contributed by atoms with Crippen LogP contribution in [0, 0.1) is 11.3 Å². The number of hydrogen-bond acceptors (Lipinski definition) is 6. The Kier molecular flexibility index (Phi) is 4.48. The van der Waals surface area contributed by atoms with Crippen LogP contribution in [0.4, 0.5) is 0 Å². The minimum atomic E-state index is 0.540. The van der Waals surface area contributed by atoms with Gasteiger partial charge in [-0.3, -0.25) is 0 Å². The average molecular weight is 258 g/mol. The number of methoxy groups -OCH3 is 1. The molecule has 1 heterocycles. The first kappa shape index (κ1) is 13.1. The zero-order chi connectivity index (χ0) is 13.5. The lowest BCUT2D eigenvalue weighted by atomic mass is 10.1. The summed E-state index contributed by atoms with van der Waals surface area (Å²) in [5.74, 6) is 1.21. The van der Waals surface area contributed by atoms with Crippen LogP contribution in [0.3, 0.4) is 0 Å². The number of nitrogens with one attached hydrogen (secondary N) is 1. The van der Waals surface area contributed by atoms with Gasteiger partial charge in [0.05, 0.1) is 12.7 Å². The van der Waals surface area contributed by atoms with Crippen molar-refractivity contribution in [3.8, 4) is 11.8 Å². The Labute approximate surface area is 111 Å². The van der Waals surface area contributed by atoms with Crippen LogP contribution in [0.1, 0.15) is 17.0 Å². The summed E-state index contributed by atoms with van der Waals surface area (Å²) in [6.45, 7) is 1.41. The van der Waals surface area contributed by atoms with E-state index in [9.17, 15) is 0 Å². The van der Waals surface area contributed by atoms with Gasteiger partial charge in [0, 0.05) is 19.5 Å². The zero-order valence-corrected chi connectivity index (χ0v) is 10.6. The van der Waals surface area contributed by atoms with Crippen LogP contribution in [-0.4, -0.2) is 23.8 Å². The van der Waals surface area contributed by atoms with E-state index in [0.29, 0.717) is 30.2 Å². The predicted molar refractivity (Wildman–Crippen MR) is 67.4 cm³/mol. The third kappa shape index (κ3) is 3.53. The Bertz CT molecular complexity index is 561. The molecule has 2 rings (SSSR count). The highest BCUT2D eigenvalue weighted by Gasteiger charge is 2.04. The third-order valence-corrected chi connectivity index (χ3v) is 2.64. The van der Waals surface area contributed by atoms with E-state index in [1.165, 1.54) is 6.33 Å². The Morgan fingerprint density at radius 3 is 3.05 bits per heavy atom. The lowest BCUT2D eigenvalue weighted by molar-refractivity contribution is 0.375. The van der Waals surface area contributed by atoms with Crippen molar-refractivity contribution >= 4 is 0 Å². The smallest absolute Gasteiger partial charge is 0.227 e. The van der Waals surface area contributed by atoms with Gasteiger partial charge in [0.25, 0.3) is 0 Å². The third-order valence-electron chi connectivity index (χ3n) is 2.64. The molecule has 0 aliphatic carbocycles. The highest BCUT2D eigenvalue weighted by atomic mass is 16.5. The summed E-state index contributed by atoms with van der Waals surface area (Å²) in [6, 6.07) is 7.66. The van der Waals surface area contributed by atoms with Crippen molar-refractivity contribution in [2.24, 2.45) is 0 Å². The molecule has 0 aliphatic rings. The van der Waals surface area contributed by atoms with E-state index in [0.717, 1.165) is 12.1 Å². The highest BCUT2D eigenvalue weighted by molar-refractivity contribution is 5.45. The Morgan fingerprint density at radius 1 is 1.47 bits per heavy atom. The fourth-order valence-corrected chi connectivity index (χ4v) is 1.69. The normalized spacial score (nSPS) is 10.1. The van der Waals surface area contributed by atoms with Crippen LogP contribution in [0.2, 0.25) is 0 Å². The fraction of sp³-hybridized carbons (Fsp3) is 0.308. The van der Waals surface area contributed by atoms with E-state index in [2.05, 4.69) is 21.5 Å². The minimum absolute atomic E-state index is 0.540. The molecule has 0 fully saturated rings. The molecule has 0 saturated carbocycles. The molecule has 6 nitrogen and oxygen atoms in total. The quantitative estimate of drug-likeness (QED) is 0.786. The number of hydrogen-bond donors (Lipinski definition) is 1. The molecule has 1 aromatic carbocycles. The van der Waals surface area contributed by atoms with Crippen LogP contribution in [0.15, 0.2) is 29.0 Å². The molecular weight excluding hydrogens is 244 g/mol. The highest BCUT2D eigenvalue weighted by Crippen LogP contribution is 2.18. The minimum Gasteiger partial charge on any atom is -0.495 e. The molecule has 0 amide bonds. The molecule has 0 saturated heterocycles. The summed E-state index contributed by atoms with van der Waals surface area (Å²) in [5.41, 5.74) is 1.57. The van der Waals surface area contributed by atoms with E-state index in [1.54, 1.807) is 13.2 Å². The zero-order valence-electron chi connectivity index (χ0n) is 10.6. The molecule has 0 unspecified atom stereocenters. The summed E-state index contributed by atoms with van der Waals surface area (Å²) in [7, 11) is 1.55. The second kappa shape index (κ2) is 6.52. The topological polar surface area (TPSA) is 84.0 Å². The van der Waals surface area contributed by atoms with Crippen molar-refractivity contribution < 1.29 is 9.26 Å². The Hall–Kier alpha value is -2.39. The van der Waals surface area contributed by atoms with Crippen LogP contribution < -0.4 is 10.1 Å². The molecule has 0 aliphatic heterocycles. The molecule has 0 bridgehead atoms. The maximum atomic E-state index is 8.99. The molecule has 6 heteroatoms. The molecule has 0 spiro atoms. The van der Waals surface area contributed by atoms with Crippen molar-refractivity contribution in [1.29, 1.82) is 5.26 Å². The lowest BCUT2D eigenvalue weighted by Crippen LogP contribution is -2.16. The molecular formula is C13H14N4O2. The number of nitriles is 1. The van der Waals surface area contributed by atoms with E-state index < -0.39 is 0 Å². The SMILES string of the molecule is COc1ccc(CNCCc2ncno2)cc1C#N. The molecule has 1 N–H and O–H groups in total. The van der Waals surface area contributed by atoms with Gasteiger partial charge in [-0.25, -0.2) is 0 Å². The van der Waals surface area contributed by atoms with Crippen LogP contribution in [-0.2, 0) is 13.0 Å². The van der Waals surface area contributed by atoms with Gasteiger partial charge in [-0.1, -0.05) is 11.2 Å². The van der Waals surface area contributed by atoms with Gasteiger partial charge in [-0.2, -0.15) is 10.2 Å². The van der Waals surface area contributed by atoms with Crippen molar-refractivity contribution in [2.75, 3.05) is 13.7 Å². The molecule has 1 aromatic heterocycles. The van der Waals surface area contributed by atoms with Crippen LogP contribution in [0.5, 0.6) is 5.75 Å². The van der Waals surface area contributed by atoms with E-state index >= 15 is 0 Å². The van der Waals surface area contributed by atoms with Gasteiger partial charge in [-0.15, -0.1) is 0 Å². The summed E-state index contributed by atoms with van der Waals surface area (Å²) in [6.07, 6.45) is 2.07. The monoisotopic (exact) mass is 258 g/mol. The Balaban J connectivity index is 1.84. The van der Waals surface area contributed by atoms with E-state index in [1.807, 2.05) is 12.1 Å². The predicted octanol–water partition coefficient (Wildman–Crippen LogP) is 1.28. The van der Waals surface area contributed by atoms with Crippen molar-refractivity contribution in [3.05, 3.63) is 41.5 Å². The molecule has 2 aromatic rings. The van der Waals surface area contributed by atoms with Crippen molar-refractivity contribution in [2.45, 2.75) is 13.0 Å². The number of ether oxygens (including phenoxy) is 1. The second-order valence-corrected chi connectivity index (χ2v) is 3.91. The lowest BCUT2D eigenvalue weighted by Gasteiger charge is -2.06. The molecule has 0 atom stereocenters. The van der Waals surface area contributed by atoms with Gasteiger partial charge >= 0.3 is 0 Å². The second-order valence-electron chi connectivity index (χ2n) is 3.91. The first-order chi connectivity index (χ1) is 9.33. The van der Waals surface area contributed by atoms with Crippen LogP contribution in [0.25, 0.3) is 0 Å². The maximum absolute atomic E-state index is 8.99. The Morgan fingerprint density at radius 2 is 2.37 bits per heavy atom. The standard InChI is InChI=1S/C13H14N4O2/c1-18-12-3-2-10(6-11(12)7-14)8-15-5-4-13-16-9-17-19-13/h2-3,6,9,15H,4-5,8H2,1H3. The number of benzene rings is 1. The van der Waals surface area contributed by atoms with Gasteiger partial charge in [0.2, 0.25) is 5.89 Å². The largest absolute Gasteiger partial charge is 0.495 e. The van der Waals surface area contributed by atoms with Gasteiger partial charge in [-0.05, 0) is 17.7 Å². The van der Waals surface area contributed by atoms with Gasteiger partial charge in [0.1, 0.15) is 11.8 Å². The van der Waals surface area contributed by atoms with Crippen molar-refractivity contribution in [1.82, 2.24) is 15.5 Å². The maximum Gasteiger partial charge on any atom is 0.227 e. The van der Waals surface area contributed by atoms with Gasteiger partial charge in [0.15, 0.2) is 6.33 Å². The van der Waals surface area contributed by atoms with E-state index in [4.69, 9.17) is 14.5 Å². The number of nitrogens with zero attached hydrogens (tertiary/aromatic N) is 3. The van der Waals surface area contributed by atoms with Crippen molar-refractivity contribution in [3.63, 3.8) is 0 Å². The summed E-state index contributed by atoms with van der Waals surface area (Å²) < 4.78 is 9.99. The summed E-state index contributed by atoms with van der Waals surface area (Å²) >= 11 is 0. The van der Waals surface area contributed by atoms with Crippen LogP contribution >= 0.6 is 0 Å². The average Bonchev–Trinajstić information content (AvgIpc) is 2.96. The van der Waals surface area contributed by atoms with Gasteiger partial charge < -0.3 is 14.6 Å². The number of aromatic nitrogens is 2. The molecule has 0 radical (unpaired) electrons. The molecule has 19 heavy (non-hydrogen) atoms. The molecule has 98 valence electrons. The number of rotatable bonds is 6. The summed E-state index contributed by atoms with van der Waals surface area (Å²) in [4.78, 5) is 3.93. The van der Waals surface area contributed by atoms with E-state index in [-0.39, 0.29) is 0 Å².